The minimum Gasteiger partial charge on any atom is -0.380 e. The Kier molecular flexibility index (Phi) is 5.71. The fourth-order valence-corrected chi connectivity index (χ4v) is 1.94. The van der Waals surface area contributed by atoms with E-state index in [9.17, 15) is 0 Å². The van der Waals surface area contributed by atoms with E-state index >= 15 is 0 Å². The lowest BCUT2D eigenvalue weighted by Crippen LogP contribution is -2.05. The summed E-state index contributed by atoms with van der Waals surface area (Å²) in [6.45, 7) is 7.54. The van der Waals surface area contributed by atoms with Crippen LogP contribution in [0.15, 0.2) is 22.7 Å². The molecule has 0 bridgehead atoms. The maximum atomic E-state index is 5.20. The molecule has 0 aliphatic carbocycles. The summed E-state index contributed by atoms with van der Waals surface area (Å²) in [5, 5.41) is 3.33. The SMILES string of the molecule is COCc1c(Br)cccc1NCC#CC(C)(C)C. The van der Waals surface area contributed by atoms with Crippen molar-refractivity contribution in [1.29, 1.82) is 0 Å². The normalized spacial score (nSPS) is 10.7. The largest absolute Gasteiger partial charge is 0.380 e. The number of nitrogens with one attached hydrogen (secondary N) is 1. The van der Waals surface area contributed by atoms with Gasteiger partial charge in [0.05, 0.1) is 13.2 Å². The van der Waals surface area contributed by atoms with Crippen molar-refractivity contribution >= 4 is 21.6 Å². The Bertz CT molecular complexity index is 452. The van der Waals surface area contributed by atoms with Crippen LogP contribution in [0, 0.1) is 17.3 Å². The van der Waals surface area contributed by atoms with Crippen LogP contribution in [-0.4, -0.2) is 13.7 Å². The maximum Gasteiger partial charge on any atom is 0.0766 e. The molecule has 0 spiro atoms. The van der Waals surface area contributed by atoms with Gasteiger partial charge in [-0.25, -0.2) is 0 Å². The highest BCUT2D eigenvalue weighted by molar-refractivity contribution is 9.10. The van der Waals surface area contributed by atoms with Gasteiger partial charge in [-0.05, 0) is 32.9 Å². The molecular formula is C15H20BrNO. The summed E-state index contributed by atoms with van der Waals surface area (Å²) in [5.41, 5.74) is 2.24. The molecule has 0 fully saturated rings. The summed E-state index contributed by atoms with van der Waals surface area (Å²) in [6.07, 6.45) is 0. The fraction of sp³-hybridized carbons (Fsp3) is 0.467. The quantitative estimate of drug-likeness (QED) is 0.847. The molecule has 0 saturated heterocycles. The van der Waals surface area contributed by atoms with Gasteiger partial charge in [0.1, 0.15) is 0 Å². The van der Waals surface area contributed by atoms with E-state index in [2.05, 4.69) is 53.9 Å². The number of anilines is 1. The van der Waals surface area contributed by atoms with Crippen LogP contribution in [0.2, 0.25) is 0 Å². The molecule has 18 heavy (non-hydrogen) atoms. The van der Waals surface area contributed by atoms with Gasteiger partial charge in [0.2, 0.25) is 0 Å². The van der Waals surface area contributed by atoms with Crippen LogP contribution in [0.4, 0.5) is 5.69 Å². The summed E-state index contributed by atoms with van der Waals surface area (Å²) < 4.78 is 6.26. The number of benzene rings is 1. The average Bonchev–Trinajstić information content (AvgIpc) is 2.27. The van der Waals surface area contributed by atoms with Gasteiger partial charge in [-0.15, -0.1) is 0 Å². The van der Waals surface area contributed by atoms with Crippen molar-refractivity contribution in [1.82, 2.24) is 0 Å². The maximum absolute atomic E-state index is 5.20. The van der Waals surface area contributed by atoms with Gasteiger partial charge in [-0.2, -0.15) is 0 Å². The lowest BCUT2D eigenvalue weighted by atomic mass is 9.98. The van der Waals surface area contributed by atoms with Crippen LogP contribution in [0.1, 0.15) is 26.3 Å². The molecule has 0 atom stereocenters. The Morgan fingerprint density at radius 3 is 2.67 bits per heavy atom. The predicted molar refractivity (Wildman–Crippen MR) is 80.6 cm³/mol. The Balaban J connectivity index is 2.72. The predicted octanol–water partition coefficient (Wildman–Crippen LogP) is 4.06. The van der Waals surface area contributed by atoms with E-state index in [1.807, 2.05) is 18.2 Å². The molecule has 0 radical (unpaired) electrons. The summed E-state index contributed by atoms with van der Waals surface area (Å²) in [6, 6.07) is 6.06. The van der Waals surface area contributed by atoms with E-state index < -0.39 is 0 Å². The van der Waals surface area contributed by atoms with Crippen molar-refractivity contribution < 1.29 is 4.74 Å². The number of halogens is 1. The first kappa shape index (κ1) is 15.1. The molecule has 0 unspecified atom stereocenters. The molecule has 0 saturated carbocycles. The number of hydrogen-bond acceptors (Lipinski definition) is 2. The zero-order valence-corrected chi connectivity index (χ0v) is 13.0. The minimum atomic E-state index is 0.0499. The van der Waals surface area contributed by atoms with Crippen molar-refractivity contribution in [3.63, 3.8) is 0 Å². The summed E-state index contributed by atoms with van der Waals surface area (Å²) in [7, 11) is 1.70. The van der Waals surface area contributed by atoms with Gasteiger partial charge in [-0.3, -0.25) is 0 Å². The Morgan fingerprint density at radius 1 is 1.33 bits per heavy atom. The first-order chi connectivity index (χ1) is 8.44. The van der Waals surface area contributed by atoms with Crippen LogP contribution in [-0.2, 0) is 11.3 Å². The van der Waals surface area contributed by atoms with Crippen LogP contribution in [0.5, 0.6) is 0 Å². The fourth-order valence-electron chi connectivity index (χ4n) is 1.46. The molecule has 1 rings (SSSR count). The molecule has 1 aromatic carbocycles. The molecule has 0 aromatic heterocycles. The molecular weight excluding hydrogens is 290 g/mol. The number of hydrogen-bond donors (Lipinski definition) is 1. The van der Waals surface area contributed by atoms with Crippen molar-refractivity contribution in [2.45, 2.75) is 27.4 Å². The van der Waals surface area contributed by atoms with E-state index in [4.69, 9.17) is 4.74 Å². The minimum absolute atomic E-state index is 0.0499. The van der Waals surface area contributed by atoms with Crippen molar-refractivity contribution in [2.75, 3.05) is 19.0 Å². The second-order valence-corrected chi connectivity index (χ2v) is 5.96. The van der Waals surface area contributed by atoms with Gasteiger partial charge in [0, 0.05) is 28.2 Å². The van der Waals surface area contributed by atoms with Crippen molar-refractivity contribution in [3.8, 4) is 11.8 Å². The van der Waals surface area contributed by atoms with Crippen LogP contribution >= 0.6 is 15.9 Å². The van der Waals surface area contributed by atoms with E-state index in [1.165, 1.54) is 0 Å². The third-order valence-electron chi connectivity index (χ3n) is 2.24. The van der Waals surface area contributed by atoms with Gasteiger partial charge in [-0.1, -0.05) is 33.8 Å². The van der Waals surface area contributed by atoms with E-state index in [0.717, 1.165) is 15.7 Å². The third kappa shape index (κ3) is 5.12. The van der Waals surface area contributed by atoms with Crippen molar-refractivity contribution in [3.05, 3.63) is 28.2 Å². The number of methoxy groups -OCH3 is 1. The molecule has 1 N–H and O–H groups in total. The summed E-state index contributed by atoms with van der Waals surface area (Å²) >= 11 is 3.53. The molecule has 0 aliphatic rings. The molecule has 0 heterocycles. The topological polar surface area (TPSA) is 21.3 Å². The highest BCUT2D eigenvalue weighted by Gasteiger charge is 2.06. The molecule has 2 nitrogen and oxygen atoms in total. The lowest BCUT2D eigenvalue weighted by Gasteiger charge is -2.12. The van der Waals surface area contributed by atoms with E-state index in [-0.39, 0.29) is 5.41 Å². The molecule has 0 amide bonds. The first-order valence-corrected chi connectivity index (χ1v) is 6.73. The Labute approximate surface area is 118 Å². The second-order valence-electron chi connectivity index (χ2n) is 5.10. The average molecular weight is 310 g/mol. The van der Waals surface area contributed by atoms with Crippen LogP contribution in [0.25, 0.3) is 0 Å². The van der Waals surface area contributed by atoms with Gasteiger partial charge < -0.3 is 10.1 Å². The zero-order chi connectivity index (χ0) is 13.6. The lowest BCUT2D eigenvalue weighted by molar-refractivity contribution is 0.185. The molecule has 3 heteroatoms. The van der Waals surface area contributed by atoms with E-state index in [1.54, 1.807) is 7.11 Å². The monoisotopic (exact) mass is 309 g/mol. The number of rotatable bonds is 4. The highest BCUT2D eigenvalue weighted by Crippen LogP contribution is 2.25. The van der Waals surface area contributed by atoms with Crippen molar-refractivity contribution in [2.24, 2.45) is 5.41 Å². The Hall–Kier alpha value is -0.980. The van der Waals surface area contributed by atoms with Gasteiger partial charge >= 0.3 is 0 Å². The van der Waals surface area contributed by atoms with Crippen LogP contribution in [0.3, 0.4) is 0 Å². The molecule has 98 valence electrons. The highest BCUT2D eigenvalue weighted by atomic mass is 79.9. The first-order valence-electron chi connectivity index (χ1n) is 5.94. The standard InChI is InChI=1S/C15H20BrNO/c1-15(2,3)9-6-10-17-14-8-5-7-13(16)12(14)11-18-4/h5,7-8,17H,10-11H2,1-4H3. The molecule has 0 aliphatic heterocycles. The van der Waals surface area contributed by atoms with E-state index in [0.29, 0.717) is 13.2 Å². The zero-order valence-electron chi connectivity index (χ0n) is 11.4. The Morgan fingerprint density at radius 2 is 2.06 bits per heavy atom. The third-order valence-corrected chi connectivity index (χ3v) is 2.98. The van der Waals surface area contributed by atoms with Gasteiger partial charge in [0.15, 0.2) is 0 Å². The molecule has 1 aromatic rings. The van der Waals surface area contributed by atoms with Gasteiger partial charge in [0.25, 0.3) is 0 Å². The second kappa shape index (κ2) is 6.82. The number of ether oxygens (including phenoxy) is 1. The summed E-state index contributed by atoms with van der Waals surface area (Å²) in [5.74, 6) is 6.35. The summed E-state index contributed by atoms with van der Waals surface area (Å²) in [4.78, 5) is 0. The van der Waals surface area contributed by atoms with Crippen LogP contribution < -0.4 is 5.32 Å². The smallest absolute Gasteiger partial charge is 0.0766 e.